The number of Topliss-reactive ketones (excluding diaryl/α,β-unsaturated/α-hetero) is 1. The number of methoxy groups -OCH3 is 1. The number of ketones is 1. The minimum Gasteiger partial charge on any atom is -0.493 e. The summed E-state index contributed by atoms with van der Waals surface area (Å²) in [7, 11) is 1.69. The molecule has 0 radical (unpaired) electrons. The van der Waals surface area contributed by atoms with Gasteiger partial charge in [-0.2, -0.15) is 0 Å². The minimum atomic E-state index is 0.261. The van der Waals surface area contributed by atoms with E-state index in [1.165, 1.54) is 0 Å². The molecule has 3 nitrogen and oxygen atoms in total. The van der Waals surface area contributed by atoms with Crippen molar-refractivity contribution in [2.75, 3.05) is 20.3 Å². The Hall–Kier alpha value is -1.35. The highest BCUT2D eigenvalue weighted by Gasteiger charge is 2.17. The maximum atomic E-state index is 11.6. The number of ether oxygens (including phenoxy) is 2. The van der Waals surface area contributed by atoms with Gasteiger partial charge in [-0.25, -0.2) is 0 Å². The minimum absolute atomic E-state index is 0.261. The van der Waals surface area contributed by atoms with Crippen LogP contribution in [0.3, 0.4) is 0 Å². The summed E-state index contributed by atoms with van der Waals surface area (Å²) in [4.78, 5) is 11.6. The zero-order chi connectivity index (χ0) is 12.1. The molecule has 0 aliphatic heterocycles. The fourth-order valence-corrected chi connectivity index (χ4v) is 2.11. The van der Waals surface area contributed by atoms with Crippen molar-refractivity contribution in [3.63, 3.8) is 0 Å². The molecule has 0 saturated carbocycles. The number of carbonyl (C=O) groups is 1. The van der Waals surface area contributed by atoms with Gasteiger partial charge >= 0.3 is 0 Å². The molecule has 0 fully saturated rings. The molecule has 0 amide bonds. The van der Waals surface area contributed by atoms with Gasteiger partial charge in [-0.15, -0.1) is 0 Å². The summed E-state index contributed by atoms with van der Waals surface area (Å²) in [5, 5.41) is 0. The van der Waals surface area contributed by atoms with E-state index in [0.717, 1.165) is 36.1 Å². The molecule has 2 rings (SSSR count). The van der Waals surface area contributed by atoms with Gasteiger partial charge in [0.1, 0.15) is 5.75 Å². The van der Waals surface area contributed by atoms with Gasteiger partial charge in [-0.1, -0.05) is 0 Å². The first kappa shape index (κ1) is 12.1. The summed E-state index contributed by atoms with van der Waals surface area (Å²) in [6.45, 7) is 1.37. The van der Waals surface area contributed by atoms with Crippen molar-refractivity contribution in [1.82, 2.24) is 0 Å². The Morgan fingerprint density at radius 3 is 2.94 bits per heavy atom. The van der Waals surface area contributed by atoms with Crippen LogP contribution in [0.5, 0.6) is 5.75 Å². The molecule has 0 aromatic heterocycles. The molecule has 0 saturated heterocycles. The van der Waals surface area contributed by atoms with Crippen molar-refractivity contribution in [3.8, 4) is 5.75 Å². The van der Waals surface area contributed by atoms with Crippen molar-refractivity contribution in [2.45, 2.75) is 25.7 Å². The lowest BCUT2D eigenvalue weighted by atomic mass is 9.91. The van der Waals surface area contributed by atoms with E-state index in [2.05, 4.69) is 0 Å². The van der Waals surface area contributed by atoms with Gasteiger partial charge in [0.05, 0.1) is 6.61 Å². The van der Waals surface area contributed by atoms with Gasteiger partial charge in [0.25, 0.3) is 0 Å². The average molecular weight is 234 g/mol. The predicted molar refractivity (Wildman–Crippen MR) is 65.7 cm³/mol. The highest BCUT2D eigenvalue weighted by Crippen LogP contribution is 2.25. The topological polar surface area (TPSA) is 35.5 Å². The molecule has 0 heterocycles. The largest absolute Gasteiger partial charge is 0.493 e. The van der Waals surface area contributed by atoms with E-state index < -0.39 is 0 Å². The van der Waals surface area contributed by atoms with Crippen LogP contribution in [0.25, 0.3) is 0 Å². The molecule has 17 heavy (non-hydrogen) atoms. The number of fused-ring (bicyclic) bond motifs is 1. The number of carbonyl (C=O) groups excluding carboxylic acids is 1. The maximum Gasteiger partial charge on any atom is 0.163 e. The van der Waals surface area contributed by atoms with E-state index in [1.807, 2.05) is 18.2 Å². The maximum absolute atomic E-state index is 11.6. The van der Waals surface area contributed by atoms with E-state index in [0.29, 0.717) is 19.6 Å². The van der Waals surface area contributed by atoms with Crippen LogP contribution in [0.1, 0.15) is 35.2 Å². The first-order chi connectivity index (χ1) is 8.31. The molecule has 92 valence electrons. The summed E-state index contributed by atoms with van der Waals surface area (Å²) in [5.41, 5.74) is 2.01. The number of hydrogen-bond acceptors (Lipinski definition) is 3. The third-order valence-corrected chi connectivity index (χ3v) is 2.99. The molecule has 0 unspecified atom stereocenters. The molecule has 1 aromatic rings. The van der Waals surface area contributed by atoms with Crippen LogP contribution >= 0.6 is 0 Å². The van der Waals surface area contributed by atoms with Gasteiger partial charge < -0.3 is 9.47 Å². The molecule has 3 heteroatoms. The molecular formula is C14H18O3. The first-order valence-corrected chi connectivity index (χ1v) is 6.09. The van der Waals surface area contributed by atoms with E-state index in [9.17, 15) is 4.79 Å². The van der Waals surface area contributed by atoms with Crippen LogP contribution in [-0.4, -0.2) is 26.1 Å². The third-order valence-electron chi connectivity index (χ3n) is 2.99. The van der Waals surface area contributed by atoms with Gasteiger partial charge in [-0.3, -0.25) is 4.79 Å². The molecular weight excluding hydrogens is 216 g/mol. The normalized spacial score (nSPS) is 14.5. The summed E-state index contributed by atoms with van der Waals surface area (Å²) in [5.74, 6) is 1.12. The van der Waals surface area contributed by atoms with Crippen LogP contribution < -0.4 is 4.74 Å². The summed E-state index contributed by atoms with van der Waals surface area (Å²) in [6, 6.07) is 5.77. The molecule has 0 bridgehead atoms. The average Bonchev–Trinajstić information content (AvgIpc) is 2.35. The van der Waals surface area contributed by atoms with Crippen molar-refractivity contribution in [2.24, 2.45) is 0 Å². The Kier molecular flexibility index (Phi) is 4.15. The zero-order valence-electron chi connectivity index (χ0n) is 10.2. The van der Waals surface area contributed by atoms with E-state index in [1.54, 1.807) is 7.11 Å². The van der Waals surface area contributed by atoms with Gasteiger partial charge in [0.2, 0.25) is 0 Å². The lowest BCUT2D eigenvalue weighted by molar-refractivity contribution is 0.0972. The fourth-order valence-electron chi connectivity index (χ4n) is 2.11. The van der Waals surface area contributed by atoms with Crippen molar-refractivity contribution in [1.29, 1.82) is 0 Å². The Morgan fingerprint density at radius 2 is 2.12 bits per heavy atom. The molecule has 0 spiro atoms. The summed E-state index contributed by atoms with van der Waals surface area (Å²) >= 11 is 0. The van der Waals surface area contributed by atoms with Crippen LogP contribution in [0.4, 0.5) is 0 Å². The lowest BCUT2D eigenvalue weighted by Crippen LogP contribution is -2.11. The van der Waals surface area contributed by atoms with Crippen LogP contribution in [0.15, 0.2) is 18.2 Å². The highest BCUT2D eigenvalue weighted by molar-refractivity contribution is 5.98. The van der Waals surface area contributed by atoms with Crippen molar-refractivity contribution in [3.05, 3.63) is 29.3 Å². The highest BCUT2D eigenvalue weighted by atomic mass is 16.5. The van der Waals surface area contributed by atoms with Gasteiger partial charge in [0.15, 0.2) is 5.78 Å². The number of hydrogen-bond donors (Lipinski definition) is 0. The fraction of sp³-hybridized carbons (Fsp3) is 0.500. The lowest BCUT2D eigenvalue weighted by Gasteiger charge is -2.15. The predicted octanol–water partition coefficient (Wildman–Crippen LogP) is 2.62. The second-order valence-electron chi connectivity index (χ2n) is 4.29. The monoisotopic (exact) mass is 234 g/mol. The number of rotatable bonds is 5. The molecule has 1 aromatic carbocycles. The zero-order valence-corrected chi connectivity index (χ0v) is 10.2. The number of benzene rings is 1. The standard InChI is InChI=1S/C14H18O3/c1-16-8-3-9-17-12-6-7-13-11(10-12)4-2-5-14(13)15/h6-7,10H,2-5,8-9H2,1H3. The van der Waals surface area contributed by atoms with E-state index >= 15 is 0 Å². The molecule has 0 atom stereocenters. The Bertz CT molecular complexity index is 398. The second-order valence-corrected chi connectivity index (χ2v) is 4.29. The third kappa shape index (κ3) is 3.07. The van der Waals surface area contributed by atoms with Gasteiger partial charge in [-0.05, 0) is 36.6 Å². The quantitative estimate of drug-likeness (QED) is 0.735. The Balaban J connectivity index is 1.98. The Morgan fingerprint density at radius 1 is 1.24 bits per heavy atom. The number of aryl methyl sites for hydroxylation is 1. The SMILES string of the molecule is COCCCOc1ccc2c(c1)CCCC2=O. The van der Waals surface area contributed by atoms with Crippen LogP contribution in [-0.2, 0) is 11.2 Å². The van der Waals surface area contributed by atoms with Crippen molar-refractivity contribution < 1.29 is 14.3 Å². The second kappa shape index (κ2) is 5.82. The van der Waals surface area contributed by atoms with Crippen LogP contribution in [0, 0.1) is 0 Å². The smallest absolute Gasteiger partial charge is 0.163 e. The first-order valence-electron chi connectivity index (χ1n) is 6.09. The van der Waals surface area contributed by atoms with Crippen LogP contribution in [0.2, 0.25) is 0 Å². The Labute approximate surface area is 102 Å². The molecule has 1 aliphatic carbocycles. The molecule has 0 N–H and O–H groups in total. The summed E-state index contributed by atoms with van der Waals surface area (Å²) in [6.07, 6.45) is 3.50. The van der Waals surface area contributed by atoms with E-state index in [-0.39, 0.29) is 5.78 Å². The van der Waals surface area contributed by atoms with E-state index in [4.69, 9.17) is 9.47 Å². The van der Waals surface area contributed by atoms with Crippen molar-refractivity contribution >= 4 is 5.78 Å². The van der Waals surface area contributed by atoms with Gasteiger partial charge in [0, 0.05) is 32.1 Å². The summed E-state index contributed by atoms with van der Waals surface area (Å²) < 4.78 is 10.6. The molecule has 1 aliphatic rings.